The third-order valence-corrected chi connectivity index (χ3v) is 5.60. The molecule has 2 heterocycles. The molecule has 1 atom stereocenters. The van der Waals surface area contributed by atoms with E-state index in [-0.39, 0.29) is 11.9 Å². The summed E-state index contributed by atoms with van der Waals surface area (Å²) in [6, 6.07) is 9.16. The van der Waals surface area contributed by atoms with Crippen LogP contribution in [0.15, 0.2) is 42.7 Å². The molecule has 0 spiro atoms. The molecule has 0 aliphatic carbocycles. The lowest BCUT2D eigenvalue weighted by Crippen LogP contribution is -2.32. The average molecular weight is 349 g/mol. The molecule has 24 heavy (non-hydrogen) atoms. The van der Waals surface area contributed by atoms with Gasteiger partial charge in [0.25, 0.3) is 0 Å². The number of benzene rings is 1. The fourth-order valence-electron chi connectivity index (χ4n) is 2.58. The van der Waals surface area contributed by atoms with Crippen molar-refractivity contribution in [3.8, 4) is 11.8 Å². The topological polar surface area (TPSA) is 81.6 Å². The summed E-state index contributed by atoms with van der Waals surface area (Å²) in [4.78, 5) is 8.11. The zero-order chi connectivity index (χ0) is 17.0. The monoisotopic (exact) mass is 349 g/mol. The van der Waals surface area contributed by atoms with E-state index in [9.17, 15) is 8.42 Å². The fraction of sp³-hybridized carbons (Fsp3) is 0.375. The maximum Gasteiger partial charge on any atom is 0.235 e. The maximum absolute atomic E-state index is 12.5. The van der Waals surface area contributed by atoms with E-state index in [1.54, 1.807) is 0 Å². The summed E-state index contributed by atoms with van der Waals surface area (Å²) in [6.45, 7) is 0.755. The molecule has 2 aromatic rings. The van der Waals surface area contributed by atoms with Crippen LogP contribution in [0, 0.1) is 0 Å². The van der Waals surface area contributed by atoms with Gasteiger partial charge < -0.3 is 9.47 Å². The van der Waals surface area contributed by atoms with Gasteiger partial charge in [0.15, 0.2) is 0 Å². The Balaban J connectivity index is 1.62. The van der Waals surface area contributed by atoms with Crippen molar-refractivity contribution < 1.29 is 17.9 Å². The highest BCUT2D eigenvalue weighted by atomic mass is 32.2. The van der Waals surface area contributed by atoms with Gasteiger partial charge in [-0.2, -0.15) is 9.29 Å². The fourth-order valence-corrected chi connectivity index (χ4v) is 4.15. The van der Waals surface area contributed by atoms with Crippen molar-refractivity contribution in [2.24, 2.45) is 0 Å². The molecule has 8 heteroatoms. The van der Waals surface area contributed by atoms with Gasteiger partial charge in [0.1, 0.15) is 6.10 Å². The second kappa shape index (κ2) is 7.14. The van der Waals surface area contributed by atoms with Crippen molar-refractivity contribution in [2.45, 2.75) is 18.3 Å². The van der Waals surface area contributed by atoms with Crippen LogP contribution in [0.2, 0.25) is 0 Å². The number of sulfonamides is 1. The van der Waals surface area contributed by atoms with Gasteiger partial charge in [-0.15, -0.1) is 0 Å². The zero-order valence-electron chi connectivity index (χ0n) is 13.3. The molecule has 128 valence electrons. The maximum atomic E-state index is 12.5. The highest BCUT2D eigenvalue weighted by Gasteiger charge is 2.32. The number of ether oxygens (including phenoxy) is 2. The summed E-state index contributed by atoms with van der Waals surface area (Å²) in [7, 11) is -1.86. The number of hydrogen-bond acceptors (Lipinski definition) is 6. The molecule has 0 N–H and O–H groups in total. The first-order valence-electron chi connectivity index (χ1n) is 7.61. The first kappa shape index (κ1) is 16.7. The first-order chi connectivity index (χ1) is 11.6. The molecule has 1 aliphatic rings. The molecule has 1 saturated heterocycles. The summed E-state index contributed by atoms with van der Waals surface area (Å²) >= 11 is 0. The van der Waals surface area contributed by atoms with Gasteiger partial charge in [-0.25, -0.2) is 8.42 Å². The summed E-state index contributed by atoms with van der Waals surface area (Å²) < 4.78 is 37.3. The molecular formula is C16H19N3O4S. The highest BCUT2D eigenvalue weighted by molar-refractivity contribution is 7.88. The van der Waals surface area contributed by atoms with Crippen molar-refractivity contribution in [1.29, 1.82) is 0 Å². The van der Waals surface area contributed by atoms with E-state index < -0.39 is 10.0 Å². The molecule has 0 radical (unpaired) electrons. The van der Waals surface area contributed by atoms with Gasteiger partial charge in [0.2, 0.25) is 21.8 Å². The molecule has 0 bridgehead atoms. The van der Waals surface area contributed by atoms with Crippen LogP contribution >= 0.6 is 0 Å². The Labute approximate surface area is 141 Å². The number of hydrogen-bond donors (Lipinski definition) is 0. The minimum atomic E-state index is -3.36. The van der Waals surface area contributed by atoms with Crippen molar-refractivity contribution in [2.75, 3.05) is 20.2 Å². The number of methoxy groups -OCH3 is 1. The van der Waals surface area contributed by atoms with Gasteiger partial charge >= 0.3 is 0 Å². The van der Waals surface area contributed by atoms with Crippen LogP contribution in [0.5, 0.6) is 11.8 Å². The molecule has 1 fully saturated rings. The van der Waals surface area contributed by atoms with Gasteiger partial charge in [0, 0.05) is 6.54 Å². The van der Waals surface area contributed by atoms with Crippen LogP contribution in [0.4, 0.5) is 0 Å². The normalized spacial score (nSPS) is 18.5. The van der Waals surface area contributed by atoms with E-state index in [0.29, 0.717) is 31.3 Å². The molecule has 1 unspecified atom stereocenters. The van der Waals surface area contributed by atoms with Gasteiger partial charge in [-0.1, -0.05) is 30.3 Å². The van der Waals surface area contributed by atoms with E-state index in [2.05, 4.69) is 9.97 Å². The molecule has 1 aromatic heterocycles. The van der Waals surface area contributed by atoms with Crippen LogP contribution < -0.4 is 9.47 Å². The molecule has 3 rings (SSSR count). The van der Waals surface area contributed by atoms with Crippen LogP contribution in [0.3, 0.4) is 0 Å². The lowest BCUT2D eigenvalue weighted by molar-refractivity contribution is 0.203. The Morgan fingerprint density at radius 1 is 1.21 bits per heavy atom. The van der Waals surface area contributed by atoms with Crippen LogP contribution in [-0.2, 0) is 15.8 Å². The first-order valence-corrected chi connectivity index (χ1v) is 9.22. The zero-order valence-corrected chi connectivity index (χ0v) is 14.1. The molecule has 1 aromatic carbocycles. The molecule has 0 saturated carbocycles. The van der Waals surface area contributed by atoms with Gasteiger partial charge in [-0.3, -0.25) is 4.98 Å². The minimum absolute atomic E-state index is 0.000471. The van der Waals surface area contributed by atoms with E-state index in [1.165, 1.54) is 23.8 Å². The van der Waals surface area contributed by atoms with E-state index in [0.717, 1.165) is 5.56 Å². The Kier molecular flexibility index (Phi) is 4.96. The molecule has 7 nitrogen and oxygen atoms in total. The highest BCUT2D eigenvalue weighted by Crippen LogP contribution is 2.21. The third kappa shape index (κ3) is 4.01. The predicted molar refractivity (Wildman–Crippen MR) is 88.3 cm³/mol. The van der Waals surface area contributed by atoms with Crippen LogP contribution in [0.1, 0.15) is 12.0 Å². The lowest BCUT2D eigenvalue weighted by Gasteiger charge is -2.17. The minimum Gasteiger partial charge on any atom is -0.480 e. The van der Waals surface area contributed by atoms with Crippen LogP contribution in [-0.4, -0.2) is 49.0 Å². The summed E-state index contributed by atoms with van der Waals surface area (Å²) in [5, 5.41) is 0. The Morgan fingerprint density at radius 2 is 1.96 bits per heavy atom. The number of aromatic nitrogens is 2. The van der Waals surface area contributed by atoms with Crippen molar-refractivity contribution in [3.05, 3.63) is 48.3 Å². The lowest BCUT2D eigenvalue weighted by atomic mass is 10.2. The average Bonchev–Trinajstić information content (AvgIpc) is 3.05. The molecule has 0 amide bonds. The Hall–Kier alpha value is -2.19. The van der Waals surface area contributed by atoms with Crippen molar-refractivity contribution in [3.63, 3.8) is 0 Å². The summed E-state index contributed by atoms with van der Waals surface area (Å²) in [6.07, 6.45) is 3.35. The van der Waals surface area contributed by atoms with E-state index >= 15 is 0 Å². The Bertz CT molecular complexity index is 783. The SMILES string of the molecule is COc1cncc(OC2CCN(S(=O)(=O)Cc3ccccc3)C2)n1. The van der Waals surface area contributed by atoms with Crippen molar-refractivity contribution >= 4 is 10.0 Å². The predicted octanol–water partition coefficient (Wildman–Crippen LogP) is 1.47. The summed E-state index contributed by atoms with van der Waals surface area (Å²) in [5.41, 5.74) is 0.778. The second-order valence-electron chi connectivity index (χ2n) is 5.53. The molecule has 1 aliphatic heterocycles. The standard InChI is InChI=1S/C16H19N3O4S/c1-22-15-9-17-10-16(18-15)23-14-7-8-19(11-14)24(20,21)12-13-5-3-2-4-6-13/h2-6,9-10,14H,7-8,11-12H2,1H3. The number of rotatable bonds is 6. The smallest absolute Gasteiger partial charge is 0.235 e. The van der Waals surface area contributed by atoms with Crippen LogP contribution in [0.25, 0.3) is 0 Å². The number of nitrogens with zero attached hydrogens (tertiary/aromatic N) is 3. The quantitative estimate of drug-likeness (QED) is 0.785. The van der Waals surface area contributed by atoms with Gasteiger partial charge in [-0.05, 0) is 12.0 Å². The van der Waals surface area contributed by atoms with Gasteiger partial charge in [0.05, 0.1) is 31.8 Å². The van der Waals surface area contributed by atoms with E-state index in [1.807, 2.05) is 30.3 Å². The third-order valence-electron chi connectivity index (χ3n) is 3.78. The Morgan fingerprint density at radius 3 is 2.71 bits per heavy atom. The van der Waals surface area contributed by atoms with Crippen molar-refractivity contribution in [1.82, 2.24) is 14.3 Å². The summed E-state index contributed by atoms with van der Waals surface area (Å²) in [5.74, 6) is 0.695. The van der Waals surface area contributed by atoms with E-state index in [4.69, 9.17) is 9.47 Å². The second-order valence-corrected chi connectivity index (χ2v) is 7.50. The molecular weight excluding hydrogens is 330 g/mol. The largest absolute Gasteiger partial charge is 0.480 e.